The number of ether oxygens (including phenoxy) is 1. The molecule has 5 rings (SSSR count). The second-order valence-electron chi connectivity index (χ2n) is 8.89. The molecular weight excluding hydrogens is 408 g/mol. The molecule has 0 aliphatic carbocycles. The number of pyridine rings is 2. The number of nitrogens with one attached hydrogen (secondary N) is 1. The molecule has 2 atom stereocenters. The second-order valence-corrected chi connectivity index (χ2v) is 8.89. The highest BCUT2D eigenvalue weighted by molar-refractivity contribution is 5.94. The zero-order chi connectivity index (χ0) is 22.8. The number of aliphatic hydroxyl groups is 1. The van der Waals surface area contributed by atoms with Crippen LogP contribution in [0, 0.1) is 5.92 Å². The molecule has 32 heavy (non-hydrogen) atoms. The Balaban J connectivity index is 1.68. The summed E-state index contributed by atoms with van der Waals surface area (Å²) >= 11 is 0. The summed E-state index contributed by atoms with van der Waals surface area (Å²) in [5, 5.41) is 15.3. The maximum absolute atomic E-state index is 13.3. The molecule has 2 aliphatic heterocycles. The van der Waals surface area contributed by atoms with Crippen molar-refractivity contribution in [1.29, 1.82) is 0 Å². The number of benzene rings is 1. The maximum atomic E-state index is 13.3. The van der Waals surface area contributed by atoms with E-state index in [1.165, 1.54) is 0 Å². The number of anilines is 1. The first kappa shape index (κ1) is 20.7. The highest BCUT2D eigenvalue weighted by atomic mass is 16.6. The van der Waals surface area contributed by atoms with Crippen LogP contribution in [-0.2, 0) is 28.3 Å². The van der Waals surface area contributed by atoms with Gasteiger partial charge in [-0.3, -0.25) is 4.79 Å². The molecular formula is C24H26N4O4. The van der Waals surface area contributed by atoms with Gasteiger partial charge in [-0.05, 0) is 36.6 Å². The van der Waals surface area contributed by atoms with Gasteiger partial charge in [0.05, 0.1) is 35.2 Å². The van der Waals surface area contributed by atoms with Crippen LogP contribution in [0.4, 0.5) is 5.69 Å². The minimum atomic E-state index is -1.83. The van der Waals surface area contributed by atoms with Crippen LogP contribution in [0.25, 0.3) is 22.3 Å². The van der Waals surface area contributed by atoms with Crippen molar-refractivity contribution in [3.05, 3.63) is 57.4 Å². The van der Waals surface area contributed by atoms with Crippen molar-refractivity contribution in [3.8, 4) is 11.4 Å². The third kappa shape index (κ3) is 2.87. The maximum Gasteiger partial charge on any atom is 0.343 e. The number of hydrogen-bond acceptors (Lipinski definition) is 7. The van der Waals surface area contributed by atoms with E-state index in [1.54, 1.807) is 17.6 Å². The van der Waals surface area contributed by atoms with Crippen LogP contribution in [-0.4, -0.2) is 26.8 Å². The summed E-state index contributed by atoms with van der Waals surface area (Å²) in [6.45, 7) is 6.02. The van der Waals surface area contributed by atoms with Crippen molar-refractivity contribution in [2.75, 3.05) is 5.32 Å². The van der Waals surface area contributed by atoms with Crippen molar-refractivity contribution >= 4 is 22.6 Å². The van der Waals surface area contributed by atoms with Crippen LogP contribution in [0.2, 0.25) is 0 Å². The van der Waals surface area contributed by atoms with E-state index in [0.29, 0.717) is 29.1 Å². The third-order valence-corrected chi connectivity index (χ3v) is 6.59. The van der Waals surface area contributed by atoms with E-state index in [-0.39, 0.29) is 30.7 Å². The molecule has 2 aliphatic rings. The molecule has 4 N–H and O–H groups in total. The summed E-state index contributed by atoms with van der Waals surface area (Å²) in [6.07, 6.45) is -0.0881. The van der Waals surface area contributed by atoms with Crippen molar-refractivity contribution in [2.24, 2.45) is 11.7 Å². The fraction of sp³-hybridized carbons (Fsp3) is 0.375. The van der Waals surface area contributed by atoms with Gasteiger partial charge in [0.1, 0.15) is 6.61 Å². The summed E-state index contributed by atoms with van der Waals surface area (Å²) in [4.78, 5) is 30.4. The van der Waals surface area contributed by atoms with E-state index in [4.69, 9.17) is 15.5 Å². The van der Waals surface area contributed by atoms with Crippen LogP contribution in [0.15, 0.2) is 35.1 Å². The minimum absolute atomic E-state index is 0.116. The Labute approximate surface area is 185 Å². The minimum Gasteiger partial charge on any atom is -0.458 e. The van der Waals surface area contributed by atoms with Gasteiger partial charge in [0.15, 0.2) is 5.60 Å². The van der Waals surface area contributed by atoms with E-state index in [0.717, 1.165) is 22.2 Å². The molecule has 3 aromatic rings. The Morgan fingerprint density at radius 2 is 2.09 bits per heavy atom. The van der Waals surface area contributed by atoms with E-state index < -0.39 is 11.6 Å². The smallest absolute Gasteiger partial charge is 0.343 e. The van der Waals surface area contributed by atoms with Gasteiger partial charge in [0.25, 0.3) is 5.56 Å². The number of fused-ring (bicyclic) bond motifs is 5. The number of aromatic nitrogens is 2. The van der Waals surface area contributed by atoms with Crippen molar-refractivity contribution in [2.45, 2.75) is 52.1 Å². The highest BCUT2D eigenvalue weighted by Crippen LogP contribution is 2.39. The number of esters is 1. The lowest BCUT2D eigenvalue weighted by atomic mass is 9.86. The molecule has 0 amide bonds. The normalized spacial score (nSPS) is 20.0. The molecule has 8 nitrogen and oxygen atoms in total. The lowest BCUT2D eigenvalue weighted by Crippen LogP contribution is -2.44. The Bertz CT molecular complexity index is 1330. The van der Waals surface area contributed by atoms with Gasteiger partial charge in [0.2, 0.25) is 0 Å². The van der Waals surface area contributed by atoms with Crippen LogP contribution in [0.3, 0.4) is 0 Å². The Kier molecular flexibility index (Phi) is 4.61. The summed E-state index contributed by atoms with van der Waals surface area (Å²) in [5.41, 5.74) is 8.61. The average Bonchev–Trinajstić information content (AvgIpc) is 3.13. The highest BCUT2D eigenvalue weighted by Gasteiger charge is 2.45. The van der Waals surface area contributed by atoms with Crippen molar-refractivity contribution in [3.63, 3.8) is 0 Å². The molecule has 8 heteroatoms. The van der Waals surface area contributed by atoms with E-state index in [9.17, 15) is 14.7 Å². The van der Waals surface area contributed by atoms with Gasteiger partial charge < -0.3 is 25.5 Å². The van der Waals surface area contributed by atoms with Gasteiger partial charge in [-0.25, -0.2) is 9.78 Å². The average molecular weight is 434 g/mol. The number of nitrogens with two attached hydrogens (primary N) is 1. The van der Waals surface area contributed by atoms with E-state index >= 15 is 0 Å². The van der Waals surface area contributed by atoms with Crippen LogP contribution < -0.4 is 16.6 Å². The zero-order valence-corrected chi connectivity index (χ0v) is 18.3. The number of carbonyl (C=O) groups excluding carboxylic acids is 1. The SMILES string of the molecule is CCC1(O)C(=O)OCc2c1cc1n(c2=O)Cc2cc3c(NC(N)C(C)C)cccc3nc2-1. The molecule has 0 fully saturated rings. The summed E-state index contributed by atoms with van der Waals surface area (Å²) in [6, 6.07) is 9.56. The topological polar surface area (TPSA) is 119 Å². The molecule has 2 aromatic heterocycles. The molecule has 0 saturated heterocycles. The largest absolute Gasteiger partial charge is 0.458 e. The fourth-order valence-electron chi connectivity index (χ4n) is 4.47. The first-order valence-electron chi connectivity index (χ1n) is 10.9. The lowest BCUT2D eigenvalue weighted by molar-refractivity contribution is -0.172. The van der Waals surface area contributed by atoms with Crippen LogP contribution in [0.5, 0.6) is 0 Å². The predicted octanol–water partition coefficient (Wildman–Crippen LogP) is 2.43. The zero-order valence-electron chi connectivity index (χ0n) is 18.3. The summed E-state index contributed by atoms with van der Waals surface area (Å²) < 4.78 is 6.76. The standard InChI is InChI=1S/C24H26N4O4/c1-4-24(31)16-9-19-20-13(10-28(19)22(29)15(16)11-32-23(24)30)8-14-17(26-20)6-5-7-18(14)27-21(25)12(2)3/h5-9,12,21,27,31H,4,10-11,25H2,1-3H3. The fourth-order valence-corrected chi connectivity index (χ4v) is 4.47. The Morgan fingerprint density at radius 1 is 1.31 bits per heavy atom. The quantitative estimate of drug-likeness (QED) is 0.333. The predicted molar refractivity (Wildman–Crippen MR) is 121 cm³/mol. The third-order valence-electron chi connectivity index (χ3n) is 6.59. The second kappa shape index (κ2) is 7.15. The van der Waals surface area contributed by atoms with Crippen molar-refractivity contribution in [1.82, 2.24) is 9.55 Å². The Hall–Kier alpha value is -3.23. The Morgan fingerprint density at radius 3 is 2.81 bits per heavy atom. The molecule has 0 radical (unpaired) electrons. The number of hydrogen-bond donors (Lipinski definition) is 3. The van der Waals surface area contributed by atoms with Crippen LogP contribution in [0.1, 0.15) is 43.9 Å². The number of rotatable bonds is 4. The number of carbonyl (C=O) groups is 1. The molecule has 0 bridgehead atoms. The van der Waals surface area contributed by atoms with Gasteiger partial charge in [-0.1, -0.05) is 26.8 Å². The molecule has 2 unspecified atom stereocenters. The summed E-state index contributed by atoms with van der Waals surface area (Å²) in [5.74, 6) is -0.470. The molecule has 0 saturated carbocycles. The molecule has 0 spiro atoms. The first-order chi connectivity index (χ1) is 15.2. The van der Waals surface area contributed by atoms with E-state index in [1.807, 2.05) is 24.3 Å². The molecule has 166 valence electrons. The van der Waals surface area contributed by atoms with Gasteiger partial charge in [-0.2, -0.15) is 0 Å². The molecule has 1 aromatic carbocycles. The van der Waals surface area contributed by atoms with E-state index in [2.05, 4.69) is 19.2 Å². The summed E-state index contributed by atoms with van der Waals surface area (Å²) in [7, 11) is 0. The van der Waals surface area contributed by atoms with Crippen LogP contribution >= 0.6 is 0 Å². The number of cyclic esters (lactones) is 1. The van der Waals surface area contributed by atoms with Crippen molar-refractivity contribution < 1.29 is 14.6 Å². The first-order valence-corrected chi connectivity index (χ1v) is 10.9. The van der Waals surface area contributed by atoms with Gasteiger partial charge in [0, 0.05) is 22.2 Å². The van der Waals surface area contributed by atoms with Gasteiger partial charge >= 0.3 is 5.97 Å². The van der Waals surface area contributed by atoms with Gasteiger partial charge in [-0.15, -0.1) is 0 Å². The molecule has 4 heterocycles. The lowest BCUT2D eigenvalue weighted by Gasteiger charge is -2.31. The monoisotopic (exact) mass is 434 g/mol. The number of nitrogens with zero attached hydrogens (tertiary/aromatic N) is 2.